The Bertz CT molecular complexity index is 796. The minimum atomic E-state index is -0.841. The number of amides is 2. The minimum Gasteiger partial charge on any atom is -0.481 e. The maximum absolute atomic E-state index is 12.2. The first-order valence-corrected chi connectivity index (χ1v) is 6.73. The molecule has 1 aliphatic rings. The minimum absolute atomic E-state index is 0.141. The molecule has 0 radical (unpaired) electrons. The Hall–Kier alpha value is -3.22. The van der Waals surface area contributed by atoms with Crippen molar-refractivity contribution in [1.82, 2.24) is 10.0 Å². The fraction of sp³-hybridized carbons (Fsp3) is 0.125. The summed E-state index contributed by atoms with van der Waals surface area (Å²) < 4.78 is 4.96. The van der Waals surface area contributed by atoms with E-state index in [1.54, 1.807) is 25.1 Å². The Morgan fingerprint density at radius 1 is 1.13 bits per heavy atom. The van der Waals surface area contributed by atoms with Crippen molar-refractivity contribution in [1.29, 1.82) is 0 Å². The summed E-state index contributed by atoms with van der Waals surface area (Å²) in [7, 11) is 1.46. The van der Waals surface area contributed by atoms with Crippen LogP contribution in [0.15, 0.2) is 36.5 Å². The van der Waals surface area contributed by atoms with Gasteiger partial charge in [-0.2, -0.15) is 0 Å². The second kappa shape index (κ2) is 5.53. The number of hydrogen-bond donors (Lipinski definition) is 0. The number of imide groups is 1. The molecule has 0 unspecified atom stereocenters. The normalized spacial score (nSPS) is 13.0. The summed E-state index contributed by atoms with van der Waals surface area (Å²) in [6, 6.07) is 7.83. The maximum Gasteiger partial charge on any atom is 0.365 e. The number of rotatable bonds is 3. The number of fused-ring (bicyclic) bond motifs is 1. The Kier molecular flexibility index (Phi) is 3.53. The zero-order chi connectivity index (χ0) is 16.6. The number of carbonyl (C=O) groups is 3. The number of nitrogens with zero attached hydrogens (tertiary/aromatic N) is 2. The number of hydroxylamine groups is 2. The predicted octanol–water partition coefficient (Wildman–Crippen LogP) is 1.77. The summed E-state index contributed by atoms with van der Waals surface area (Å²) in [6.45, 7) is 1.67. The Morgan fingerprint density at radius 2 is 1.74 bits per heavy atom. The Balaban J connectivity index is 1.85. The highest BCUT2D eigenvalue weighted by molar-refractivity contribution is 6.21. The van der Waals surface area contributed by atoms with Gasteiger partial charge < -0.3 is 9.57 Å². The molecule has 7 heteroatoms. The van der Waals surface area contributed by atoms with Gasteiger partial charge in [0.2, 0.25) is 5.88 Å². The van der Waals surface area contributed by atoms with Crippen LogP contribution in [0.25, 0.3) is 0 Å². The van der Waals surface area contributed by atoms with Crippen LogP contribution in [0.2, 0.25) is 0 Å². The van der Waals surface area contributed by atoms with Gasteiger partial charge in [0.1, 0.15) is 0 Å². The molecule has 7 nitrogen and oxygen atoms in total. The van der Waals surface area contributed by atoms with Crippen LogP contribution in [0, 0.1) is 6.92 Å². The van der Waals surface area contributed by atoms with E-state index in [9.17, 15) is 14.4 Å². The number of methoxy groups -OCH3 is 1. The quantitative estimate of drug-likeness (QED) is 0.803. The van der Waals surface area contributed by atoms with Crippen LogP contribution in [-0.4, -0.2) is 34.9 Å². The highest BCUT2D eigenvalue weighted by Gasteiger charge is 2.39. The highest BCUT2D eigenvalue weighted by atomic mass is 16.7. The Labute approximate surface area is 131 Å². The zero-order valence-corrected chi connectivity index (χ0v) is 12.4. The maximum atomic E-state index is 12.2. The van der Waals surface area contributed by atoms with Crippen LogP contribution in [0.4, 0.5) is 0 Å². The third-order valence-corrected chi connectivity index (χ3v) is 3.45. The van der Waals surface area contributed by atoms with Gasteiger partial charge in [0.25, 0.3) is 11.8 Å². The van der Waals surface area contributed by atoms with Crippen LogP contribution in [0.5, 0.6) is 5.88 Å². The average Bonchev–Trinajstić information content (AvgIpc) is 2.80. The van der Waals surface area contributed by atoms with Crippen molar-refractivity contribution in [2.45, 2.75) is 6.92 Å². The first-order valence-electron chi connectivity index (χ1n) is 6.73. The zero-order valence-electron chi connectivity index (χ0n) is 12.4. The summed E-state index contributed by atoms with van der Waals surface area (Å²) in [5, 5.41) is 0.469. The van der Waals surface area contributed by atoms with E-state index in [4.69, 9.17) is 9.57 Å². The van der Waals surface area contributed by atoms with Gasteiger partial charge in [-0.25, -0.2) is 9.78 Å². The molecular formula is C16H12N2O5. The lowest BCUT2D eigenvalue weighted by Gasteiger charge is -2.13. The van der Waals surface area contributed by atoms with Crippen LogP contribution in [-0.2, 0) is 4.84 Å². The molecular weight excluding hydrogens is 300 g/mol. The molecule has 0 aliphatic carbocycles. The van der Waals surface area contributed by atoms with E-state index in [1.165, 1.54) is 25.4 Å². The Morgan fingerprint density at radius 3 is 2.26 bits per heavy atom. The summed E-state index contributed by atoms with van der Waals surface area (Å²) in [4.78, 5) is 45.4. The van der Waals surface area contributed by atoms with Crippen molar-refractivity contribution in [3.05, 3.63) is 58.8 Å². The van der Waals surface area contributed by atoms with Gasteiger partial charge in [0, 0.05) is 12.3 Å². The van der Waals surface area contributed by atoms with Crippen molar-refractivity contribution in [2.75, 3.05) is 7.11 Å². The molecule has 23 heavy (non-hydrogen) atoms. The standard InChI is InChI=1S/C16H12N2O5/c1-9-7-13(22-2)17-8-12(9)16(21)23-18-14(19)10-5-3-4-6-11(10)15(18)20/h3-8H,1-2H3. The topological polar surface area (TPSA) is 85.8 Å². The summed E-state index contributed by atoms with van der Waals surface area (Å²) in [5.74, 6) is -1.83. The number of benzene rings is 1. The molecule has 0 fully saturated rings. The first-order chi connectivity index (χ1) is 11.0. The molecule has 116 valence electrons. The molecule has 2 aromatic rings. The summed E-state index contributed by atoms with van der Waals surface area (Å²) in [6.07, 6.45) is 1.27. The van der Waals surface area contributed by atoms with Gasteiger partial charge in [-0.05, 0) is 24.6 Å². The van der Waals surface area contributed by atoms with Crippen molar-refractivity contribution in [3.63, 3.8) is 0 Å². The molecule has 0 spiro atoms. The van der Waals surface area contributed by atoms with Crippen LogP contribution >= 0.6 is 0 Å². The van der Waals surface area contributed by atoms with E-state index >= 15 is 0 Å². The second-order valence-corrected chi connectivity index (χ2v) is 4.87. The second-order valence-electron chi connectivity index (χ2n) is 4.87. The third kappa shape index (κ3) is 2.42. The molecule has 1 aliphatic heterocycles. The number of carbonyl (C=O) groups excluding carboxylic acids is 3. The third-order valence-electron chi connectivity index (χ3n) is 3.45. The van der Waals surface area contributed by atoms with Crippen LogP contribution < -0.4 is 4.74 Å². The highest BCUT2D eigenvalue weighted by Crippen LogP contribution is 2.24. The largest absolute Gasteiger partial charge is 0.481 e. The van der Waals surface area contributed by atoms with Crippen LogP contribution in [0.1, 0.15) is 36.6 Å². The van der Waals surface area contributed by atoms with Gasteiger partial charge >= 0.3 is 5.97 Å². The van der Waals surface area contributed by atoms with Gasteiger partial charge in [-0.15, -0.1) is 0 Å². The van der Waals surface area contributed by atoms with Crippen molar-refractivity contribution in [2.24, 2.45) is 0 Å². The van der Waals surface area contributed by atoms with Crippen molar-refractivity contribution < 1.29 is 24.0 Å². The molecule has 3 rings (SSSR count). The van der Waals surface area contributed by atoms with Crippen molar-refractivity contribution >= 4 is 17.8 Å². The number of hydrogen-bond acceptors (Lipinski definition) is 6. The molecule has 0 saturated heterocycles. The summed E-state index contributed by atoms with van der Waals surface area (Å²) in [5.41, 5.74) is 1.10. The van der Waals surface area contributed by atoms with E-state index in [1.807, 2.05) is 0 Å². The molecule has 0 N–H and O–H groups in total. The average molecular weight is 312 g/mol. The lowest BCUT2D eigenvalue weighted by Crippen LogP contribution is -2.32. The van der Waals surface area contributed by atoms with E-state index < -0.39 is 17.8 Å². The van der Waals surface area contributed by atoms with E-state index in [-0.39, 0.29) is 16.7 Å². The van der Waals surface area contributed by atoms with E-state index in [0.717, 1.165) is 0 Å². The lowest BCUT2D eigenvalue weighted by atomic mass is 10.1. The fourth-order valence-corrected chi connectivity index (χ4v) is 2.24. The predicted molar refractivity (Wildman–Crippen MR) is 77.9 cm³/mol. The molecule has 0 bridgehead atoms. The molecule has 2 heterocycles. The summed E-state index contributed by atoms with van der Waals surface area (Å²) >= 11 is 0. The van der Waals surface area contributed by atoms with Gasteiger partial charge in [0.05, 0.1) is 23.8 Å². The van der Waals surface area contributed by atoms with Gasteiger partial charge in [-0.3, -0.25) is 9.59 Å². The fourth-order valence-electron chi connectivity index (χ4n) is 2.24. The van der Waals surface area contributed by atoms with Crippen molar-refractivity contribution in [3.8, 4) is 5.88 Å². The first kappa shape index (κ1) is 14.7. The van der Waals surface area contributed by atoms with E-state index in [0.29, 0.717) is 16.5 Å². The van der Waals surface area contributed by atoms with E-state index in [2.05, 4.69) is 4.98 Å². The molecule has 0 saturated carbocycles. The van der Waals surface area contributed by atoms with Crippen LogP contribution in [0.3, 0.4) is 0 Å². The number of aryl methyl sites for hydroxylation is 1. The van der Waals surface area contributed by atoms with Gasteiger partial charge in [-0.1, -0.05) is 17.2 Å². The smallest absolute Gasteiger partial charge is 0.365 e. The molecule has 1 aromatic carbocycles. The molecule has 2 amide bonds. The molecule has 1 aromatic heterocycles. The van der Waals surface area contributed by atoms with Gasteiger partial charge in [0.15, 0.2) is 0 Å². The monoisotopic (exact) mass is 312 g/mol. The number of pyridine rings is 1. The molecule has 0 atom stereocenters. The number of aromatic nitrogens is 1. The lowest BCUT2D eigenvalue weighted by molar-refractivity contribution is -0.0585. The number of ether oxygens (including phenoxy) is 1. The SMILES string of the molecule is COc1cc(C)c(C(=O)ON2C(=O)c3ccccc3C2=O)cn1.